The highest BCUT2D eigenvalue weighted by molar-refractivity contribution is 5.48. The van der Waals surface area contributed by atoms with Gasteiger partial charge in [0.2, 0.25) is 0 Å². The zero-order valence-corrected chi connectivity index (χ0v) is 14.9. The van der Waals surface area contributed by atoms with Crippen molar-refractivity contribution in [2.75, 3.05) is 20.1 Å². The normalized spacial score (nSPS) is 16.6. The molecule has 126 valence electrons. The molecule has 1 fully saturated rings. The third kappa shape index (κ3) is 4.72. The molecule has 0 amide bonds. The van der Waals surface area contributed by atoms with Crippen molar-refractivity contribution < 1.29 is 0 Å². The minimum absolute atomic E-state index is 0.627. The van der Waals surface area contributed by atoms with Gasteiger partial charge in [0.15, 0.2) is 0 Å². The maximum Gasteiger partial charge on any atom is 0.0427 e. The van der Waals surface area contributed by atoms with Gasteiger partial charge >= 0.3 is 0 Å². The van der Waals surface area contributed by atoms with Crippen LogP contribution in [-0.2, 0) is 6.54 Å². The van der Waals surface area contributed by atoms with Gasteiger partial charge in [-0.15, -0.1) is 0 Å². The molecule has 3 rings (SSSR count). The van der Waals surface area contributed by atoms with Crippen LogP contribution in [0.15, 0.2) is 60.8 Å². The third-order valence-electron chi connectivity index (χ3n) is 4.90. The molecule has 0 spiro atoms. The Hall–Kier alpha value is -2.06. The number of likely N-dealkylation sites (tertiary alicyclic amines) is 1. The first kappa shape index (κ1) is 16.8. The second-order valence-corrected chi connectivity index (χ2v) is 6.92. The fourth-order valence-corrected chi connectivity index (χ4v) is 3.28. The Kier molecular flexibility index (Phi) is 5.71. The van der Waals surface area contributed by atoms with Gasteiger partial charge in [-0.3, -0.25) is 0 Å². The Bertz CT molecular complexity index is 637. The largest absolute Gasteiger partial charge is 0.370 e. The molecule has 2 heteroatoms. The van der Waals surface area contributed by atoms with E-state index in [-0.39, 0.29) is 0 Å². The van der Waals surface area contributed by atoms with E-state index in [1.165, 1.54) is 42.6 Å². The summed E-state index contributed by atoms with van der Waals surface area (Å²) >= 11 is 0. The predicted molar refractivity (Wildman–Crippen MR) is 103 cm³/mol. The first-order chi connectivity index (χ1) is 11.7. The van der Waals surface area contributed by atoms with Crippen molar-refractivity contribution in [1.82, 2.24) is 9.80 Å². The van der Waals surface area contributed by atoms with Gasteiger partial charge in [-0.2, -0.15) is 0 Å². The molecule has 0 radical (unpaired) electrons. The molecule has 24 heavy (non-hydrogen) atoms. The summed E-state index contributed by atoms with van der Waals surface area (Å²) in [7, 11) is 2.22. The summed E-state index contributed by atoms with van der Waals surface area (Å²) in [6.07, 6.45) is 7.01. The summed E-state index contributed by atoms with van der Waals surface area (Å²) in [6.45, 7) is 5.51. The molecule has 1 saturated heterocycles. The molecule has 1 heterocycles. The van der Waals surface area contributed by atoms with E-state index >= 15 is 0 Å². The molecule has 2 aromatic rings. The van der Waals surface area contributed by atoms with Crippen molar-refractivity contribution in [1.29, 1.82) is 0 Å². The van der Waals surface area contributed by atoms with Crippen LogP contribution in [0.1, 0.15) is 29.5 Å². The van der Waals surface area contributed by atoms with Crippen LogP contribution in [0.2, 0.25) is 0 Å². The molecule has 2 aromatic carbocycles. The number of nitrogens with zero attached hydrogens (tertiary/aromatic N) is 2. The van der Waals surface area contributed by atoms with Crippen LogP contribution in [0, 0.1) is 6.92 Å². The molecule has 0 aliphatic carbocycles. The molecule has 0 atom stereocenters. The van der Waals surface area contributed by atoms with E-state index in [4.69, 9.17) is 0 Å². The van der Waals surface area contributed by atoms with E-state index in [0.29, 0.717) is 6.04 Å². The summed E-state index contributed by atoms with van der Waals surface area (Å²) in [5.74, 6) is 0. The Morgan fingerprint density at radius 3 is 2.33 bits per heavy atom. The lowest BCUT2D eigenvalue weighted by atomic mass is 10.0. The topological polar surface area (TPSA) is 6.48 Å². The summed E-state index contributed by atoms with van der Waals surface area (Å²) in [5.41, 5.74) is 3.97. The summed E-state index contributed by atoms with van der Waals surface area (Å²) in [6, 6.07) is 20.2. The lowest BCUT2D eigenvalue weighted by Gasteiger charge is -2.37. The lowest BCUT2D eigenvalue weighted by Crippen LogP contribution is -2.41. The number of benzene rings is 2. The number of piperidine rings is 1. The van der Waals surface area contributed by atoms with Gasteiger partial charge in [0.1, 0.15) is 0 Å². The molecular weight excluding hydrogens is 292 g/mol. The molecular formula is C22H28N2. The molecule has 0 saturated carbocycles. The Balaban J connectivity index is 1.75. The Morgan fingerprint density at radius 2 is 1.67 bits per heavy atom. The van der Waals surface area contributed by atoms with Gasteiger partial charge in [-0.1, -0.05) is 60.2 Å². The number of hydrogen-bond acceptors (Lipinski definition) is 2. The van der Waals surface area contributed by atoms with Crippen LogP contribution < -0.4 is 0 Å². The van der Waals surface area contributed by atoms with E-state index in [0.717, 1.165) is 6.54 Å². The minimum Gasteiger partial charge on any atom is -0.370 e. The molecule has 1 aliphatic heterocycles. The molecule has 1 aliphatic rings. The second kappa shape index (κ2) is 8.16. The molecule has 0 aromatic heterocycles. The van der Waals surface area contributed by atoms with Crippen LogP contribution in [0.5, 0.6) is 0 Å². The number of rotatable bonds is 5. The first-order valence-electron chi connectivity index (χ1n) is 8.94. The molecule has 2 nitrogen and oxygen atoms in total. The predicted octanol–water partition coefficient (Wildman–Crippen LogP) is 4.56. The van der Waals surface area contributed by atoms with E-state index in [1.807, 2.05) is 0 Å². The summed E-state index contributed by atoms with van der Waals surface area (Å²) in [5, 5.41) is 0. The van der Waals surface area contributed by atoms with Gasteiger partial charge < -0.3 is 9.80 Å². The second-order valence-electron chi connectivity index (χ2n) is 6.92. The van der Waals surface area contributed by atoms with Gasteiger partial charge in [0, 0.05) is 18.8 Å². The maximum absolute atomic E-state index is 2.53. The van der Waals surface area contributed by atoms with E-state index in [9.17, 15) is 0 Å². The zero-order chi connectivity index (χ0) is 16.8. The van der Waals surface area contributed by atoms with Crippen LogP contribution in [0.25, 0.3) is 6.08 Å². The van der Waals surface area contributed by atoms with Gasteiger partial charge in [0.05, 0.1) is 0 Å². The Morgan fingerprint density at radius 1 is 1.00 bits per heavy atom. The highest BCUT2D eigenvalue weighted by Gasteiger charge is 2.21. The van der Waals surface area contributed by atoms with Crippen LogP contribution in [0.3, 0.4) is 0 Å². The van der Waals surface area contributed by atoms with Crippen LogP contribution >= 0.6 is 0 Å². The number of hydrogen-bond donors (Lipinski definition) is 0. The third-order valence-corrected chi connectivity index (χ3v) is 4.90. The molecule has 0 bridgehead atoms. The summed E-state index contributed by atoms with van der Waals surface area (Å²) in [4.78, 5) is 4.96. The fraction of sp³-hybridized carbons (Fsp3) is 0.364. The fourth-order valence-electron chi connectivity index (χ4n) is 3.28. The average Bonchev–Trinajstić information content (AvgIpc) is 2.62. The average molecular weight is 320 g/mol. The van der Waals surface area contributed by atoms with E-state index < -0.39 is 0 Å². The standard InChI is InChI=1S/C22H28N2/c1-19-8-10-21(11-9-19)18-24(22-13-15-23(2)16-14-22)17-12-20-6-4-3-5-7-20/h3-12,17,22H,13-16,18H2,1-2H3. The highest BCUT2D eigenvalue weighted by Crippen LogP contribution is 2.20. The van der Waals surface area contributed by atoms with E-state index in [2.05, 4.69) is 90.6 Å². The maximum atomic E-state index is 2.53. The van der Waals surface area contributed by atoms with Gasteiger partial charge in [-0.25, -0.2) is 0 Å². The SMILES string of the molecule is Cc1ccc(CN(C=Cc2ccccc2)C2CCN(C)CC2)cc1. The van der Waals surface area contributed by atoms with Gasteiger partial charge in [0.25, 0.3) is 0 Å². The monoisotopic (exact) mass is 320 g/mol. The molecule has 0 N–H and O–H groups in total. The lowest BCUT2D eigenvalue weighted by molar-refractivity contribution is 0.157. The smallest absolute Gasteiger partial charge is 0.0427 e. The van der Waals surface area contributed by atoms with Crippen molar-refractivity contribution in [3.8, 4) is 0 Å². The first-order valence-corrected chi connectivity index (χ1v) is 8.94. The quantitative estimate of drug-likeness (QED) is 0.797. The number of aryl methyl sites for hydroxylation is 1. The van der Waals surface area contributed by atoms with E-state index in [1.54, 1.807) is 0 Å². The van der Waals surface area contributed by atoms with Crippen molar-refractivity contribution in [2.24, 2.45) is 0 Å². The Labute approximate surface area is 146 Å². The van der Waals surface area contributed by atoms with Crippen molar-refractivity contribution >= 4 is 6.08 Å². The summed E-state index contributed by atoms with van der Waals surface area (Å²) < 4.78 is 0. The highest BCUT2D eigenvalue weighted by atomic mass is 15.2. The van der Waals surface area contributed by atoms with Crippen molar-refractivity contribution in [3.05, 3.63) is 77.5 Å². The van der Waals surface area contributed by atoms with Crippen LogP contribution in [0.4, 0.5) is 0 Å². The molecule has 0 unspecified atom stereocenters. The van der Waals surface area contributed by atoms with Crippen LogP contribution in [-0.4, -0.2) is 36.0 Å². The van der Waals surface area contributed by atoms with Crippen molar-refractivity contribution in [2.45, 2.75) is 32.4 Å². The van der Waals surface area contributed by atoms with Crippen molar-refractivity contribution in [3.63, 3.8) is 0 Å². The minimum atomic E-state index is 0.627. The zero-order valence-electron chi connectivity index (χ0n) is 14.9. The van der Waals surface area contributed by atoms with Gasteiger partial charge in [-0.05, 0) is 57.1 Å².